The Morgan fingerprint density at radius 3 is 2.19 bits per heavy atom. The van der Waals surface area contributed by atoms with Crippen molar-refractivity contribution in [1.82, 2.24) is 14.5 Å². The summed E-state index contributed by atoms with van der Waals surface area (Å²) in [7, 11) is -0.514. The van der Waals surface area contributed by atoms with Crippen molar-refractivity contribution >= 4 is 27.5 Å². The van der Waals surface area contributed by atoms with Crippen molar-refractivity contribution in [2.75, 3.05) is 52.0 Å². The first-order chi connectivity index (χ1) is 20.3. The normalized spacial score (nSPS) is 17.0. The highest BCUT2D eigenvalue weighted by Gasteiger charge is 2.55. The minimum Gasteiger partial charge on any atom is -0.493 e. The van der Waals surface area contributed by atoms with Gasteiger partial charge in [0.25, 0.3) is 0 Å². The molecule has 2 saturated heterocycles. The Balaban J connectivity index is 1.26. The third kappa shape index (κ3) is 5.79. The van der Waals surface area contributed by atoms with Crippen LogP contribution < -0.4 is 19.7 Å². The number of para-hydroxylation sites is 1. The number of hydrogen-bond acceptors (Lipinski definition) is 7. The van der Waals surface area contributed by atoms with Gasteiger partial charge in [0.05, 0.1) is 25.8 Å². The molecule has 2 aliphatic rings. The lowest BCUT2D eigenvalue weighted by atomic mass is 9.86. The fourth-order valence-electron chi connectivity index (χ4n) is 5.77. The van der Waals surface area contributed by atoms with Gasteiger partial charge in [0, 0.05) is 25.3 Å². The van der Waals surface area contributed by atoms with Crippen LogP contribution in [0.1, 0.15) is 18.4 Å². The minimum absolute atomic E-state index is 0.0815. The molecule has 2 aliphatic heterocycles. The number of nitrogens with one attached hydrogen (secondary N) is 1. The molecule has 0 unspecified atom stereocenters. The van der Waals surface area contributed by atoms with Gasteiger partial charge >= 0.3 is 0 Å². The molecule has 1 N–H and O–H groups in total. The standard InChI is InChI=1S/C31H36N4O6S/c1-40-27-14-13-24(21-28(27)41-2)15-18-32-29(36)22-33-23-35(25-9-5-3-6-10-25)31(30(33)37)16-19-34(20-17-31)42(38,39)26-11-7-4-8-12-26/h3-14,21H,15-20,22-23H2,1-2H3,(H,32,36). The van der Waals surface area contributed by atoms with E-state index in [9.17, 15) is 18.0 Å². The number of ether oxygens (including phenoxy) is 2. The van der Waals surface area contributed by atoms with Gasteiger partial charge in [-0.1, -0.05) is 42.5 Å². The lowest BCUT2D eigenvalue weighted by molar-refractivity contribution is -0.137. The number of amides is 2. The molecule has 0 atom stereocenters. The largest absolute Gasteiger partial charge is 0.493 e. The van der Waals surface area contributed by atoms with Gasteiger partial charge < -0.3 is 24.6 Å². The maximum absolute atomic E-state index is 14.0. The van der Waals surface area contributed by atoms with E-state index < -0.39 is 15.6 Å². The Hall–Kier alpha value is -4.09. The van der Waals surface area contributed by atoms with E-state index >= 15 is 0 Å². The first-order valence-electron chi connectivity index (χ1n) is 13.9. The molecule has 0 aliphatic carbocycles. The SMILES string of the molecule is COc1ccc(CCNC(=O)CN2CN(c3ccccc3)C3(CCN(S(=O)(=O)c4ccccc4)CC3)C2=O)cc1OC. The topological polar surface area (TPSA) is 108 Å². The average molecular weight is 593 g/mol. The fourth-order valence-corrected chi connectivity index (χ4v) is 7.23. The summed E-state index contributed by atoms with van der Waals surface area (Å²) in [6.07, 6.45) is 1.24. The van der Waals surface area contributed by atoms with E-state index in [0.29, 0.717) is 37.3 Å². The van der Waals surface area contributed by atoms with Crippen LogP contribution in [0.15, 0.2) is 83.8 Å². The van der Waals surface area contributed by atoms with Crippen molar-refractivity contribution in [1.29, 1.82) is 0 Å². The second kappa shape index (κ2) is 12.4. The maximum Gasteiger partial charge on any atom is 0.250 e. The van der Waals surface area contributed by atoms with Crippen LogP contribution in [-0.2, 0) is 26.0 Å². The predicted molar refractivity (Wildman–Crippen MR) is 159 cm³/mol. The van der Waals surface area contributed by atoms with E-state index in [2.05, 4.69) is 5.32 Å². The van der Waals surface area contributed by atoms with Crippen LogP contribution in [0.25, 0.3) is 0 Å². The number of methoxy groups -OCH3 is 2. The summed E-state index contributed by atoms with van der Waals surface area (Å²) in [6, 6.07) is 23.6. The lowest BCUT2D eigenvalue weighted by Crippen LogP contribution is -2.57. The molecule has 0 aromatic heterocycles. The number of carbonyl (C=O) groups excluding carboxylic acids is 2. The van der Waals surface area contributed by atoms with Gasteiger partial charge in [-0.25, -0.2) is 8.42 Å². The quantitative estimate of drug-likeness (QED) is 0.386. The Bertz CT molecular complexity index is 1510. The van der Waals surface area contributed by atoms with Crippen LogP contribution >= 0.6 is 0 Å². The van der Waals surface area contributed by atoms with Crippen molar-refractivity contribution in [2.24, 2.45) is 0 Å². The molecular formula is C31H36N4O6S. The zero-order valence-electron chi connectivity index (χ0n) is 23.9. The predicted octanol–water partition coefficient (Wildman–Crippen LogP) is 2.89. The van der Waals surface area contributed by atoms with Crippen molar-refractivity contribution in [3.63, 3.8) is 0 Å². The van der Waals surface area contributed by atoms with Crippen molar-refractivity contribution in [2.45, 2.75) is 29.7 Å². The Morgan fingerprint density at radius 1 is 0.905 bits per heavy atom. The molecule has 222 valence electrons. The molecule has 10 nitrogen and oxygen atoms in total. The first kappa shape index (κ1) is 29.4. The van der Waals surface area contributed by atoms with Crippen LogP contribution in [-0.4, -0.2) is 82.0 Å². The summed E-state index contributed by atoms with van der Waals surface area (Å²) >= 11 is 0. The second-order valence-corrected chi connectivity index (χ2v) is 12.4. The monoisotopic (exact) mass is 592 g/mol. The summed E-state index contributed by atoms with van der Waals surface area (Å²) < 4.78 is 38.6. The summed E-state index contributed by atoms with van der Waals surface area (Å²) in [5.74, 6) is 0.854. The van der Waals surface area contributed by atoms with Gasteiger partial charge in [-0.05, 0) is 61.2 Å². The molecule has 3 aromatic carbocycles. The first-order valence-corrected chi connectivity index (χ1v) is 15.4. The number of hydrogen-bond donors (Lipinski definition) is 1. The molecule has 0 radical (unpaired) electrons. The van der Waals surface area contributed by atoms with Gasteiger partial charge in [0.15, 0.2) is 11.5 Å². The highest BCUT2D eigenvalue weighted by molar-refractivity contribution is 7.89. The van der Waals surface area contributed by atoms with E-state index in [1.807, 2.05) is 53.4 Å². The summed E-state index contributed by atoms with van der Waals surface area (Å²) in [5.41, 5.74) is 0.919. The van der Waals surface area contributed by atoms with E-state index in [1.165, 1.54) is 4.31 Å². The average Bonchev–Trinajstić information content (AvgIpc) is 3.28. The van der Waals surface area contributed by atoms with Gasteiger partial charge in [0.1, 0.15) is 12.1 Å². The van der Waals surface area contributed by atoms with Crippen LogP contribution in [0.4, 0.5) is 5.69 Å². The highest BCUT2D eigenvalue weighted by atomic mass is 32.2. The van der Waals surface area contributed by atoms with Gasteiger partial charge in [-0.3, -0.25) is 9.59 Å². The van der Waals surface area contributed by atoms with Gasteiger partial charge in [-0.2, -0.15) is 4.31 Å². The van der Waals surface area contributed by atoms with Crippen LogP contribution in [0.2, 0.25) is 0 Å². The van der Waals surface area contributed by atoms with Crippen LogP contribution in [0, 0.1) is 0 Å². The zero-order valence-corrected chi connectivity index (χ0v) is 24.7. The van der Waals surface area contributed by atoms with E-state index in [-0.39, 0.29) is 43.0 Å². The zero-order chi connectivity index (χ0) is 29.7. The molecule has 0 bridgehead atoms. The molecule has 11 heteroatoms. The van der Waals surface area contributed by atoms with Crippen molar-refractivity contribution in [3.8, 4) is 11.5 Å². The van der Waals surface area contributed by atoms with E-state index in [4.69, 9.17) is 9.47 Å². The molecule has 5 rings (SSSR count). The van der Waals surface area contributed by atoms with E-state index in [0.717, 1.165) is 11.3 Å². The number of rotatable bonds is 10. The Labute approximate surface area is 246 Å². The number of carbonyl (C=O) groups is 2. The molecular weight excluding hydrogens is 556 g/mol. The number of anilines is 1. The maximum atomic E-state index is 14.0. The molecule has 2 fully saturated rings. The molecule has 1 spiro atoms. The van der Waals surface area contributed by atoms with Crippen LogP contribution in [0.3, 0.4) is 0 Å². The smallest absolute Gasteiger partial charge is 0.250 e. The fraction of sp³-hybridized carbons (Fsp3) is 0.355. The van der Waals surface area contributed by atoms with Crippen molar-refractivity contribution < 1.29 is 27.5 Å². The Kier molecular flexibility index (Phi) is 8.69. The van der Waals surface area contributed by atoms with E-state index in [1.54, 1.807) is 49.5 Å². The minimum atomic E-state index is -3.67. The Morgan fingerprint density at radius 2 is 1.55 bits per heavy atom. The summed E-state index contributed by atoms with van der Waals surface area (Å²) in [4.78, 5) is 30.8. The summed E-state index contributed by atoms with van der Waals surface area (Å²) in [6.45, 7) is 0.977. The number of piperidine rings is 1. The molecule has 2 amide bonds. The number of sulfonamides is 1. The molecule has 42 heavy (non-hydrogen) atoms. The second-order valence-electron chi connectivity index (χ2n) is 10.4. The van der Waals surface area contributed by atoms with Crippen LogP contribution in [0.5, 0.6) is 11.5 Å². The highest BCUT2D eigenvalue weighted by Crippen LogP contribution is 2.40. The molecule has 3 aromatic rings. The van der Waals surface area contributed by atoms with Crippen molar-refractivity contribution in [3.05, 3.63) is 84.4 Å². The number of benzene rings is 3. The van der Waals surface area contributed by atoms with Gasteiger partial charge in [0.2, 0.25) is 21.8 Å². The third-order valence-corrected chi connectivity index (χ3v) is 9.94. The third-order valence-electron chi connectivity index (χ3n) is 8.03. The number of nitrogens with zero attached hydrogens (tertiary/aromatic N) is 3. The molecule has 0 saturated carbocycles. The summed E-state index contributed by atoms with van der Waals surface area (Å²) in [5, 5.41) is 2.92. The van der Waals surface area contributed by atoms with Gasteiger partial charge in [-0.15, -0.1) is 0 Å². The lowest BCUT2D eigenvalue weighted by Gasteiger charge is -2.42. The molecule has 2 heterocycles.